The van der Waals surface area contributed by atoms with Gasteiger partial charge in [-0.3, -0.25) is 0 Å². The van der Waals surface area contributed by atoms with Gasteiger partial charge in [0.05, 0.1) is 11.6 Å². The lowest BCUT2D eigenvalue weighted by Crippen LogP contribution is -2.45. The topological polar surface area (TPSA) is 50.4 Å². The molecule has 1 atom stereocenters. The van der Waals surface area contributed by atoms with Crippen molar-refractivity contribution in [3.8, 4) is 0 Å². The van der Waals surface area contributed by atoms with Crippen LogP contribution in [0, 0.1) is 0 Å². The van der Waals surface area contributed by atoms with Gasteiger partial charge in [0.15, 0.2) is 5.11 Å². The summed E-state index contributed by atoms with van der Waals surface area (Å²) in [5.41, 5.74) is 1.99. The average molecular weight is 323 g/mol. The maximum atomic E-state index is 12.3. The molecule has 0 aliphatic carbocycles. The Bertz CT molecular complexity index is 628. The molecule has 0 spiro atoms. The normalized spacial score (nSPS) is 17.8. The van der Waals surface area contributed by atoms with Crippen LogP contribution in [-0.4, -0.2) is 17.7 Å². The van der Waals surface area contributed by atoms with E-state index in [1.54, 1.807) is 19.1 Å². The van der Waals surface area contributed by atoms with E-state index in [1.807, 2.05) is 12.1 Å². The highest BCUT2D eigenvalue weighted by molar-refractivity contribution is 7.80. The minimum atomic E-state index is -0.417. The molecule has 1 aromatic carbocycles. The summed E-state index contributed by atoms with van der Waals surface area (Å²) < 4.78 is 5.15. The number of nitrogens with one attached hydrogen (secondary N) is 2. The zero-order valence-electron chi connectivity index (χ0n) is 11.5. The molecule has 2 N–H and O–H groups in total. The van der Waals surface area contributed by atoms with Crippen molar-refractivity contribution in [1.29, 1.82) is 0 Å². The third-order valence-corrected chi connectivity index (χ3v) is 3.46. The summed E-state index contributed by atoms with van der Waals surface area (Å²) in [6.07, 6.45) is 1.52. The number of carbonyl (C=O) groups is 1. The molecular formula is C15H15ClN2O2S. The Hall–Kier alpha value is -1.85. The van der Waals surface area contributed by atoms with Gasteiger partial charge in [0.2, 0.25) is 0 Å². The van der Waals surface area contributed by atoms with Crippen LogP contribution in [0.3, 0.4) is 0 Å². The van der Waals surface area contributed by atoms with Crippen LogP contribution in [0.15, 0.2) is 48.2 Å². The van der Waals surface area contributed by atoms with Crippen LogP contribution in [0.2, 0.25) is 5.02 Å². The van der Waals surface area contributed by atoms with E-state index in [0.717, 1.165) is 5.56 Å². The third-order valence-electron chi connectivity index (χ3n) is 3.00. The quantitative estimate of drug-likeness (QED) is 0.507. The maximum Gasteiger partial charge on any atom is 0.338 e. The summed E-state index contributed by atoms with van der Waals surface area (Å²) in [7, 11) is 0. The molecule has 1 aliphatic heterocycles. The van der Waals surface area contributed by atoms with Crippen molar-refractivity contribution >= 4 is 34.9 Å². The highest BCUT2D eigenvalue weighted by atomic mass is 35.5. The van der Waals surface area contributed by atoms with E-state index >= 15 is 0 Å². The van der Waals surface area contributed by atoms with E-state index in [4.69, 9.17) is 28.6 Å². The van der Waals surface area contributed by atoms with Crippen molar-refractivity contribution in [2.45, 2.75) is 13.0 Å². The Balaban J connectivity index is 2.40. The van der Waals surface area contributed by atoms with Crippen LogP contribution in [0.25, 0.3) is 0 Å². The molecule has 0 radical (unpaired) electrons. The predicted octanol–water partition coefficient (Wildman–Crippen LogP) is 2.86. The van der Waals surface area contributed by atoms with E-state index in [1.165, 1.54) is 6.08 Å². The highest BCUT2D eigenvalue weighted by Gasteiger charge is 2.30. The number of benzene rings is 1. The highest BCUT2D eigenvalue weighted by Crippen LogP contribution is 2.29. The zero-order valence-corrected chi connectivity index (χ0v) is 13.1. The van der Waals surface area contributed by atoms with Gasteiger partial charge < -0.3 is 15.4 Å². The molecule has 0 amide bonds. The van der Waals surface area contributed by atoms with E-state index < -0.39 is 12.0 Å². The van der Waals surface area contributed by atoms with Gasteiger partial charge >= 0.3 is 5.97 Å². The van der Waals surface area contributed by atoms with Crippen LogP contribution in [0.4, 0.5) is 0 Å². The monoisotopic (exact) mass is 322 g/mol. The van der Waals surface area contributed by atoms with Gasteiger partial charge in [0.1, 0.15) is 6.61 Å². The largest absolute Gasteiger partial charge is 0.458 e. The van der Waals surface area contributed by atoms with Crippen molar-refractivity contribution in [1.82, 2.24) is 10.6 Å². The van der Waals surface area contributed by atoms with Crippen molar-refractivity contribution in [2.24, 2.45) is 0 Å². The second-order valence-electron chi connectivity index (χ2n) is 4.51. The molecule has 4 nitrogen and oxygen atoms in total. The fourth-order valence-corrected chi connectivity index (χ4v) is 2.58. The van der Waals surface area contributed by atoms with Crippen molar-refractivity contribution in [2.75, 3.05) is 6.61 Å². The first-order chi connectivity index (χ1) is 10.0. The SMILES string of the molecule is C=CCOC(=O)C1=C(C)NC(=S)N[C@@H]1c1cccc(Cl)c1. The molecule has 0 unspecified atom stereocenters. The van der Waals surface area contributed by atoms with Gasteiger partial charge in [-0.25, -0.2) is 4.79 Å². The summed E-state index contributed by atoms with van der Waals surface area (Å²) in [6.45, 7) is 5.48. The molecule has 0 saturated heterocycles. The van der Waals surface area contributed by atoms with Gasteiger partial charge in [-0.2, -0.15) is 0 Å². The molecular weight excluding hydrogens is 308 g/mol. The number of halogens is 1. The van der Waals surface area contributed by atoms with Crippen molar-refractivity contribution in [3.05, 3.63) is 58.8 Å². The zero-order chi connectivity index (χ0) is 15.4. The van der Waals surface area contributed by atoms with Gasteiger partial charge in [-0.05, 0) is 36.8 Å². The summed E-state index contributed by atoms with van der Waals surface area (Å²) >= 11 is 11.2. The first-order valence-corrected chi connectivity index (χ1v) is 7.13. The molecule has 21 heavy (non-hydrogen) atoms. The lowest BCUT2D eigenvalue weighted by Gasteiger charge is -2.29. The van der Waals surface area contributed by atoms with Gasteiger partial charge in [0, 0.05) is 10.7 Å². The fourth-order valence-electron chi connectivity index (χ4n) is 2.11. The molecule has 1 heterocycles. The average Bonchev–Trinajstić information content (AvgIpc) is 2.44. The molecule has 1 aromatic rings. The lowest BCUT2D eigenvalue weighted by atomic mass is 9.96. The minimum absolute atomic E-state index is 0.155. The van der Waals surface area contributed by atoms with E-state index in [9.17, 15) is 4.79 Å². The van der Waals surface area contributed by atoms with Gasteiger partial charge in [-0.15, -0.1) is 0 Å². The first kappa shape index (κ1) is 15.5. The second kappa shape index (κ2) is 6.74. The number of rotatable bonds is 4. The van der Waals surface area contributed by atoms with Crippen molar-refractivity contribution in [3.63, 3.8) is 0 Å². The molecule has 6 heteroatoms. The predicted molar refractivity (Wildman–Crippen MR) is 86.9 cm³/mol. The van der Waals surface area contributed by atoms with Crippen LogP contribution >= 0.6 is 23.8 Å². The number of hydrogen-bond donors (Lipinski definition) is 2. The Labute approximate surface area is 133 Å². The fraction of sp³-hybridized carbons (Fsp3) is 0.200. The standard InChI is InChI=1S/C15H15ClN2O2S/c1-3-7-20-14(19)12-9(2)17-15(21)18-13(12)10-5-4-6-11(16)8-10/h3-6,8,13H,1,7H2,2H3,(H2,17,18,21)/t13-/m1/s1. The smallest absolute Gasteiger partial charge is 0.338 e. The number of esters is 1. The van der Waals surface area contributed by atoms with Gasteiger partial charge in [0.25, 0.3) is 0 Å². The Morgan fingerprint density at radius 2 is 2.33 bits per heavy atom. The summed E-state index contributed by atoms with van der Waals surface area (Å²) in [5.74, 6) is -0.417. The van der Waals surface area contributed by atoms with Crippen molar-refractivity contribution < 1.29 is 9.53 Å². The van der Waals surface area contributed by atoms with E-state index in [-0.39, 0.29) is 6.61 Å². The van der Waals surface area contributed by atoms with E-state index in [2.05, 4.69) is 17.2 Å². The number of ether oxygens (including phenoxy) is 1. The maximum absolute atomic E-state index is 12.3. The lowest BCUT2D eigenvalue weighted by molar-refractivity contribution is -0.138. The summed E-state index contributed by atoms with van der Waals surface area (Å²) in [4.78, 5) is 12.3. The summed E-state index contributed by atoms with van der Waals surface area (Å²) in [6, 6.07) is 6.88. The van der Waals surface area contributed by atoms with Crippen LogP contribution in [0.1, 0.15) is 18.5 Å². The molecule has 1 aliphatic rings. The van der Waals surface area contributed by atoms with Gasteiger partial charge in [-0.1, -0.05) is 36.4 Å². The number of carbonyl (C=O) groups excluding carboxylic acids is 1. The minimum Gasteiger partial charge on any atom is -0.458 e. The van der Waals surface area contributed by atoms with Crippen LogP contribution in [0.5, 0.6) is 0 Å². The number of hydrogen-bond acceptors (Lipinski definition) is 3. The molecule has 0 saturated carbocycles. The molecule has 0 bridgehead atoms. The second-order valence-corrected chi connectivity index (χ2v) is 5.36. The summed E-state index contributed by atoms with van der Waals surface area (Å²) in [5, 5.41) is 7.07. The third kappa shape index (κ3) is 3.62. The number of thiocarbonyl (C=S) groups is 1. The first-order valence-electron chi connectivity index (χ1n) is 6.34. The van der Waals surface area contributed by atoms with Crippen LogP contribution < -0.4 is 10.6 Å². The van der Waals surface area contributed by atoms with E-state index in [0.29, 0.717) is 21.4 Å². The van der Waals surface area contributed by atoms with Crippen LogP contribution in [-0.2, 0) is 9.53 Å². The molecule has 0 fully saturated rings. The Morgan fingerprint density at radius 3 is 3.00 bits per heavy atom. The molecule has 110 valence electrons. The number of allylic oxidation sites excluding steroid dienone is 1. The molecule has 0 aromatic heterocycles. The Kier molecular flexibility index (Phi) is 4.98. The molecule has 2 rings (SSSR count). The Morgan fingerprint density at radius 1 is 1.57 bits per heavy atom.